The molecule has 2 aromatic rings. The maximum Gasteiger partial charge on any atom is 0.236 e. The molecule has 2 aromatic heterocycles. The number of likely N-dealkylation sites (tertiary alicyclic amines) is 1. The molecule has 8 nitrogen and oxygen atoms in total. The Labute approximate surface area is 146 Å². The van der Waals surface area contributed by atoms with Gasteiger partial charge in [0.05, 0.1) is 11.5 Å². The summed E-state index contributed by atoms with van der Waals surface area (Å²) in [6, 6.07) is 3.95. The van der Waals surface area contributed by atoms with Crippen molar-refractivity contribution in [2.24, 2.45) is 11.8 Å². The molecule has 0 aliphatic carbocycles. The first kappa shape index (κ1) is 15.8. The molecule has 2 fully saturated rings. The minimum Gasteiger partial charge on any atom is -0.346 e. The number of carbonyl (C=O) groups is 1. The van der Waals surface area contributed by atoms with Crippen LogP contribution >= 0.6 is 0 Å². The summed E-state index contributed by atoms with van der Waals surface area (Å²) < 4.78 is 0. The standard InChI is InChI=1S/C17H21N7O/c1-22(17-14-3-6-19-16(14)20-11-21-17)24-7-4-12-8-23(9-13(12)10-24)15(25)2-5-18/h3,6,11-13H,2,4,7-10H2,1H3,(H,19,20,21)/t12-,13-/m0/s1. The number of piperidine rings is 1. The van der Waals surface area contributed by atoms with Gasteiger partial charge in [-0.15, -0.1) is 0 Å². The largest absolute Gasteiger partial charge is 0.346 e. The molecule has 4 rings (SSSR count). The fraction of sp³-hybridized carbons (Fsp3) is 0.529. The van der Waals surface area contributed by atoms with Gasteiger partial charge in [-0.3, -0.25) is 9.80 Å². The summed E-state index contributed by atoms with van der Waals surface area (Å²) in [6.45, 7) is 3.37. The third-order valence-electron chi connectivity index (χ3n) is 5.43. The number of nitriles is 1. The Morgan fingerprint density at radius 2 is 2.24 bits per heavy atom. The number of amides is 1. The van der Waals surface area contributed by atoms with Gasteiger partial charge in [-0.1, -0.05) is 0 Å². The van der Waals surface area contributed by atoms with Crippen LogP contribution in [-0.4, -0.2) is 64.0 Å². The Bertz CT molecular complexity index is 826. The third kappa shape index (κ3) is 2.81. The Balaban J connectivity index is 1.48. The van der Waals surface area contributed by atoms with Crippen LogP contribution in [0.25, 0.3) is 11.0 Å². The van der Waals surface area contributed by atoms with Crippen LogP contribution in [0, 0.1) is 23.2 Å². The van der Waals surface area contributed by atoms with Gasteiger partial charge in [0.25, 0.3) is 0 Å². The average Bonchev–Trinajstić information content (AvgIpc) is 3.26. The van der Waals surface area contributed by atoms with Crippen molar-refractivity contribution < 1.29 is 4.79 Å². The summed E-state index contributed by atoms with van der Waals surface area (Å²) in [7, 11) is 2.03. The average molecular weight is 339 g/mol. The van der Waals surface area contributed by atoms with E-state index in [1.807, 2.05) is 30.3 Å². The van der Waals surface area contributed by atoms with Crippen molar-refractivity contribution in [3.8, 4) is 6.07 Å². The van der Waals surface area contributed by atoms with Gasteiger partial charge >= 0.3 is 0 Å². The summed E-state index contributed by atoms with van der Waals surface area (Å²) in [6.07, 6.45) is 4.48. The SMILES string of the molecule is CN(c1ncnc2[nH]ccc12)N1CC[C@H]2CN(C(=O)CC#N)C[C@H]2C1. The number of nitrogens with one attached hydrogen (secondary N) is 1. The molecule has 1 N–H and O–H groups in total. The molecule has 2 saturated heterocycles. The summed E-state index contributed by atoms with van der Waals surface area (Å²) in [5, 5.41) is 14.1. The number of aromatic nitrogens is 3. The van der Waals surface area contributed by atoms with Crippen LogP contribution in [-0.2, 0) is 4.79 Å². The number of carbonyl (C=O) groups excluding carboxylic acids is 1. The van der Waals surface area contributed by atoms with Gasteiger partial charge in [-0.2, -0.15) is 5.26 Å². The summed E-state index contributed by atoms with van der Waals surface area (Å²) in [5.41, 5.74) is 0.834. The first-order chi connectivity index (χ1) is 12.2. The van der Waals surface area contributed by atoms with Crippen molar-refractivity contribution in [2.75, 3.05) is 38.2 Å². The fourth-order valence-electron chi connectivity index (χ4n) is 4.06. The smallest absolute Gasteiger partial charge is 0.236 e. The van der Waals surface area contributed by atoms with Crippen LogP contribution in [0.5, 0.6) is 0 Å². The van der Waals surface area contributed by atoms with E-state index in [-0.39, 0.29) is 12.3 Å². The molecule has 2 atom stereocenters. The molecule has 0 aromatic carbocycles. The summed E-state index contributed by atoms with van der Waals surface area (Å²) in [5.74, 6) is 1.83. The number of H-pyrrole nitrogens is 1. The fourth-order valence-corrected chi connectivity index (χ4v) is 4.06. The molecule has 0 unspecified atom stereocenters. The van der Waals surface area contributed by atoms with Crippen molar-refractivity contribution in [2.45, 2.75) is 12.8 Å². The molecule has 0 bridgehead atoms. The summed E-state index contributed by atoms with van der Waals surface area (Å²) in [4.78, 5) is 25.7. The first-order valence-electron chi connectivity index (χ1n) is 8.58. The number of rotatable bonds is 3. The Kier molecular flexibility index (Phi) is 4.01. The molecule has 1 amide bonds. The number of hydrogen-bond acceptors (Lipinski definition) is 6. The van der Waals surface area contributed by atoms with Gasteiger partial charge in [0.15, 0.2) is 5.82 Å². The number of hydrogen-bond donors (Lipinski definition) is 1. The topological polar surface area (TPSA) is 92.2 Å². The quantitative estimate of drug-likeness (QED) is 0.897. The zero-order valence-electron chi connectivity index (χ0n) is 14.2. The Hall–Kier alpha value is -2.66. The molecule has 0 spiro atoms. The zero-order valence-corrected chi connectivity index (χ0v) is 14.2. The molecule has 25 heavy (non-hydrogen) atoms. The number of anilines is 1. The minimum atomic E-state index is -0.0402. The van der Waals surface area contributed by atoms with Crippen molar-refractivity contribution in [1.82, 2.24) is 24.9 Å². The van der Waals surface area contributed by atoms with Gasteiger partial charge in [0.2, 0.25) is 5.91 Å². The van der Waals surface area contributed by atoms with E-state index in [1.54, 1.807) is 6.33 Å². The van der Waals surface area contributed by atoms with E-state index in [4.69, 9.17) is 5.26 Å². The third-order valence-corrected chi connectivity index (χ3v) is 5.43. The van der Waals surface area contributed by atoms with Crippen molar-refractivity contribution in [3.63, 3.8) is 0 Å². The van der Waals surface area contributed by atoms with E-state index < -0.39 is 0 Å². The van der Waals surface area contributed by atoms with Crippen molar-refractivity contribution in [3.05, 3.63) is 18.6 Å². The minimum absolute atomic E-state index is 0.0184. The lowest BCUT2D eigenvalue weighted by Crippen LogP contribution is -2.49. The van der Waals surface area contributed by atoms with Gasteiger partial charge in [-0.25, -0.2) is 15.0 Å². The highest BCUT2D eigenvalue weighted by atomic mass is 16.2. The normalized spacial score (nSPS) is 23.4. The van der Waals surface area contributed by atoms with E-state index in [9.17, 15) is 4.79 Å². The molecular weight excluding hydrogens is 318 g/mol. The second-order valence-electron chi connectivity index (χ2n) is 6.82. The maximum atomic E-state index is 12.0. The van der Waals surface area contributed by atoms with Crippen molar-refractivity contribution in [1.29, 1.82) is 5.26 Å². The van der Waals surface area contributed by atoms with Gasteiger partial charge < -0.3 is 9.88 Å². The van der Waals surface area contributed by atoms with Crippen LogP contribution in [0.15, 0.2) is 18.6 Å². The molecule has 2 aliphatic rings. The lowest BCUT2D eigenvalue weighted by atomic mass is 9.89. The highest BCUT2D eigenvalue weighted by Gasteiger charge is 2.39. The lowest BCUT2D eigenvalue weighted by molar-refractivity contribution is -0.129. The molecule has 2 aliphatic heterocycles. The second-order valence-corrected chi connectivity index (χ2v) is 6.82. The van der Waals surface area contributed by atoms with Crippen molar-refractivity contribution >= 4 is 22.8 Å². The zero-order chi connectivity index (χ0) is 17.4. The van der Waals surface area contributed by atoms with E-state index in [0.717, 1.165) is 49.5 Å². The number of nitrogens with zero attached hydrogens (tertiary/aromatic N) is 6. The highest BCUT2D eigenvalue weighted by molar-refractivity contribution is 5.86. The van der Waals surface area contributed by atoms with Crippen LogP contribution in [0.1, 0.15) is 12.8 Å². The molecular formula is C17H21N7O. The predicted molar refractivity (Wildman–Crippen MR) is 92.3 cm³/mol. The van der Waals surface area contributed by atoms with E-state index in [1.165, 1.54) is 0 Å². The second kappa shape index (κ2) is 6.33. The van der Waals surface area contributed by atoms with Gasteiger partial charge in [0, 0.05) is 39.4 Å². The Morgan fingerprint density at radius 3 is 3.08 bits per heavy atom. The molecule has 0 saturated carbocycles. The Morgan fingerprint density at radius 1 is 1.40 bits per heavy atom. The van der Waals surface area contributed by atoms with Crippen LogP contribution < -0.4 is 5.01 Å². The molecule has 0 radical (unpaired) electrons. The predicted octanol–water partition coefficient (Wildman–Crippen LogP) is 1.00. The summed E-state index contributed by atoms with van der Waals surface area (Å²) >= 11 is 0. The molecule has 130 valence electrons. The van der Waals surface area contributed by atoms with E-state index in [2.05, 4.69) is 25.0 Å². The maximum absolute atomic E-state index is 12.0. The highest BCUT2D eigenvalue weighted by Crippen LogP contribution is 2.33. The number of hydrazine groups is 1. The monoisotopic (exact) mass is 339 g/mol. The van der Waals surface area contributed by atoms with E-state index >= 15 is 0 Å². The molecule has 4 heterocycles. The van der Waals surface area contributed by atoms with Crippen LogP contribution in [0.3, 0.4) is 0 Å². The number of aromatic amines is 1. The van der Waals surface area contributed by atoms with Gasteiger partial charge in [0.1, 0.15) is 18.4 Å². The number of fused-ring (bicyclic) bond motifs is 2. The van der Waals surface area contributed by atoms with Crippen LogP contribution in [0.4, 0.5) is 5.82 Å². The van der Waals surface area contributed by atoms with E-state index in [0.29, 0.717) is 11.8 Å². The molecule has 8 heteroatoms. The van der Waals surface area contributed by atoms with Crippen LogP contribution in [0.2, 0.25) is 0 Å². The lowest BCUT2D eigenvalue weighted by Gasteiger charge is -2.40. The van der Waals surface area contributed by atoms with Gasteiger partial charge in [-0.05, 0) is 24.3 Å². The first-order valence-corrected chi connectivity index (χ1v) is 8.58.